The van der Waals surface area contributed by atoms with Gasteiger partial charge in [-0.15, -0.1) is 0 Å². The highest BCUT2D eigenvalue weighted by Gasteiger charge is 2.36. The maximum atomic E-state index is 14.4. The topological polar surface area (TPSA) is 71.3 Å². The highest BCUT2D eigenvalue weighted by Crippen LogP contribution is 2.31. The van der Waals surface area contributed by atoms with Gasteiger partial charge in [0.25, 0.3) is 5.91 Å². The summed E-state index contributed by atoms with van der Waals surface area (Å²) in [5, 5.41) is 6.86. The largest absolute Gasteiger partial charge is 0.451 e. The summed E-state index contributed by atoms with van der Waals surface area (Å²) in [5.74, 6) is -0.851. The van der Waals surface area contributed by atoms with Crippen molar-refractivity contribution in [3.63, 3.8) is 0 Å². The fourth-order valence-corrected chi connectivity index (χ4v) is 4.24. The molecular formula is C24H24ClFN2O3. The Kier molecular flexibility index (Phi) is 5.75. The molecule has 7 heteroatoms. The standard InChI is InChI=1S/C24H24ClFN2O3/c1-24(2,17-7-5-8-18(25)21(17)26)23(30)28-16-11-10-15(13-16)27-22(29)20-12-14-6-3-4-9-19(14)31-20/h3-9,12,15-16H,10-11,13H2,1-2H3,(H,27,29)(H,28,30)/t15-,16+/m0/s1. The zero-order valence-corrected chi connectivity index (χ0v) is 18.1. The van der Waals surface area contributed by atoms with Gasteiger partial charge in [0.2, 0.25) is 5.91 Å². The van der Waals surface area contributed by atoms with Crippen LogP contribution in [0.3, 0.4) is 0 Å². The molecule has 0 radical (unpaired) electrons. The molecule has 0 unspecified atom stereocenters. The van der Waals surface area contributed by atoms with Crippen LogP contribution in [0.25, 0.3) is 11.0 Å². The second kappa shape index (κ2) is 8.35. The van der Waals surface area contributed by atoms with E-state index in [4.69, 9.17) is 16.0 Å². The number of benzene rings is 2. The Morgan fingerprint density at radius 3 is 2.52 bits per heavy atom. The van der Waals surface area contributed by atoms with Crippen molar-refractivity contribution < 1.29 is 18.4 Å². The van der Waals surface area contributed by atoms with E-state index in [0.29, 0.717) is 12.0 Å². The molecule has 0 saturated heterocycles. The first kappa shape index (κ1) is 21.4. The van der Waals surface area contributed by atoms with Crippen molar-refractivity contribution in [3.8, 4) is 0 Å². The Bertz CT molecular complexity index is 1110. The van der Waals surface area contributed by atoms with Crippen LogP contribution in [-0.2, 0) is 10.2 Å². The summed E-state index contributed by atoms with van der Waals surface area (Å²) in [4.78, 5) is 25.5. The fourth-order valence-electron chi connectivity index (χ4n) is 4.07. The Morgan fingerprint density at radius 2 is 1.77 bits per heavy atom. The van der Waals surface area contributed by atoms with Gasteiger partial charge in [-0.05, 0) is 51.3 Å². The minimum atomic E-state index is -1.08. The first-order valence-corrected chi connectivity index (χ1v) is 10.7. The molecule has 1 saturated carbocycles. The van der Waals surface area contributed by atoms with Crippen molar-refractivity contribution in [2.75, 3.05) is 0 Å². The lowest BCUT2D eigenvalue weighted by molar-refractivity contribution is -0.126. The lowest BCUT2D eigenvalue weighted by atomic mass is 9.83. The molecule has 2 amide bonds. The van der Waals surface area contributed by atoms with E-state index in [1.807, 2.05) is 24.3 Å². The molecule has 1 heterocycles. The zero-order valence-electron chi connectivity index (χ0n) is 17.4. The van der Waals surface area contributed by atoms with Crippen LogP contribution in [0.2, 0.25) is 5.02 Å². The van der Waals surface area contributed by atoms with Crippen molar-refractivity contribution in [2.45, 2.75) is 50.6 Å². The SMILES string of the molecule is CC(C)(C(=O)N[C@@H]1CC[C@H](NC(=O)c2cc3ccccc3o2)C1)c1cccc(Cl)c1F. The predicted octanol–water partition coefficient (Wildman–Crippen LogP) is 4.97. The number of fused-ring (bicyclic) bond motifs is 1. The van der Waals surface area contributed by atoms with Crippen molar-refractivity contribution >= 4 is 34.4 Å². The molecule has 4 rings (SSSR count). The first-order chi connectivity index (χ1) is 14.8. The molecule has 0 bridgehead atoms. The normalized spacial score (nSPS) is 18.8. The third-order valence-electron chi connectivity index (χ3n) is 5.94. The highest BCUT2D eigenvalue weighted by molar-refractivity contribution is 6.30. The lowest BCUT2D eigenvalue weighted by Gasteiger charge is -2.27. The van der Waals surface area contributed by atoms with Gasteiger partial charge in [0, 0.05) is 23.0 Å². The van der Waals surface area contributed by atoms with Crippen molar-refractivity contribution in [1.82, 2.24) is 10.6 Å². The second-order valence-corrected chi connectivity index (χ2v) is 8.94. The molecule has 1 aliphatic carbocycles. The molecule has 162 valence electrons. The van der Waals surface area contributed by atoms with E-state index in [0.717, 1.165) is 18.2 Å². The van der Waals surface area contributed by atoms with E-state index in [1.54, 1.807) is 32.0 Å². The number of hydrogen-bond acceptors (Lipinski definition) is 3. The van der Waals surface area contributed by atoms with Crippen LogP contribution in [-0.4, -0.2) is 23.9 Å². The fraction of sp³-hybridized carbons (Fsp3) is 0.333. The smallest absolute Gasteiger partial charge is 0.287 e. The molecule has 2 N–H and O–H groups in total. The molecule has 3 aromatic rings. The zero-order chi connectivity index (χ0) is 22.2. The number of amides is 2. The minimum absolute atomic E-state index is 0.00685. The maximum Gasteiger partial charge on any atom is 0.287 e. The van der Waals surface area contributed by atoms with E-state index < -0.39 is 11.2 Å². The Balaban J connectivity index is 1.36. The number of para-hydroxylation sites is 1. The highest BCUT2D eigenvalue weighted by atomic mass is 35.5. The van der Waals surface area contributed by atoms with Crippen LogP contribution in [0, 0.1) is 5.82 Å². The van der Waals surface area contributed by atoms with Crippen LogP contribution in [0.1, 0.15) is 49.2 Å². The van der Waals surface area contributed by atoms with Gasteiger partial charge in [-0.1, -0.05) is 41.9 Å². The number of hydrogen-bond donors (Lipinski definition) is 2. The number of rotatable bonds is 5. The van der Waals surface area contributed by atoms with Crippen LogP contribution in [0.5, 0.6) is 0 Å². The molecule has 1 aliphatic rings. The summed E-state index contributed by atoms with van der Waals surface area (Å²) in [6, 6.07) is 13.7. The first-order valence-electron chi connectivity index (χ1n) is 10.3. The van der Waals surface area contributed by atoms with Gasteiger partial charge in [0.1, 0.15) is 11.4 Å². The molecular weight excluding hydrogens is 419 g/mol. The van der Waals surface area contributed by atoms with Crippen molar-refractivity contribution in [1.29, 1.82) is 0 Å². The molecule has 2 aromatic carbocycles. The quantitative estimate of drug-likeness (QED) is 0.586. The van der Waals surface area contributed by atoms with E-state index in [9.17, 15) is 14.0 Å². The predicted molar refractivity (Wildman–Crippen MR) is 118 cm³/mol. The summed E-state index contributed by atoms with van der Waals surface area (Å²) in [5.41, 5.74) is -0.158. The third-order valence-corrected chi connectivity index (χ3v) is 6.24. The van der Waals surface area contributed by atoms with E-state index in [1.165, 1.54) is 6.07 Å². The van der Waals surface area contributed by atoms with Crippen molar-refractivity contribution in [3.05, 3.63) is 70.7 Å². The number of halogens is 2. The Labute approximate surface area is 184 Å². The average Bonchev–Trinajstić information content (AvgIpc) is 3.36. The van der Waals surface area contributed by atoms with Gasteiger partial charge in [0.05, 0.1) is 10.4 Å². The average molecular weight is 443 g/mol. The number of nitrogens with one attached hydrogen (secondary N) is 2. The summed E-state index contributed by atoms with van der Waals surface area (Å²) in [6.45, 7) is 3.35. The molecule has 31 heavy (non-hydrogen) atoms. The van der Waals surface area contributed by atoms with E-state index >= 15 is 0 Å². The number of carbonyl (C=O) groups excluding carboxylic acids is 2. The number of furan rings is 1. The molecule has 1 aromatic heterocycles. The summed E-state index contributed by atoms with van der Waals surface area (Å²) < 4.78 is 20.1. The van der Waals surface area contributed by atoms with Crippen molar-refractivity contribution in [2.24, 2.45) is 0 Å². The molecule has 0 aliphatic heterocycles. The van der Waals surface area contributed by atoms with Gasteiger partial charge in [-0.2, -0.15) is 0 Å². The molecule has 0 spiro atoms. The van der Waals surface area contributed by atoms with E-state index in [2.05, 4.69) is 10.6 Å². The molecule has 1 fully saturated rings. The minimum Gasteiger partial charge on any atom is -0.451 e. The maximum absolute atomic E-state index is 14.4. The lowest BCUT2D eigenvalue weighted by Crippen LogP contribution is -2.45. The Hall–Kier alpha value is -2.86. The van der Waals surface area contributed by atoms with Gasteiger partial charge in [-0.3, -0.25) is 9.59 Å². The van der Waals surface area contributed by atoms with Gasteiger partial charge < -0.3 is 15.1 Å². The van der Waals surface area contributed by atoms with Gasteiger partial charge in [-0.25, -0.2) is 4.39 Å². The second-order valence-electron chi connectivity index (χ2n) is 8.53. The third kappa shape index (κ3) is 4.30. The van der Waals surface area contributed by atoms with Crippen LogP contribution >= 0.6 is 11.6 Å². The number of carbonyl (C=O) groups is 2. The summed E-state index contributed by atoms with van der Waals surface area (Å²) in [7, 11) is 0. The van der Waals surface area contributed by atoms with Gasteiger partial charge in [0.15, 0.2) is 5.76 Å². The molecule has 2 atom stereocenters. The summed E-state index contributed by atoms with van der Waals surface area (Å²) >= 11 is 5.88. The molecule has 5 nitrogen and oxygen atoms in total. The van der Waals surface area contributed by atoms with Crippen LogP contribution in [0.4, 0.5) is 4.39 Å². The van der Waals surface area contributed by atoms with Crippen LogP contribution in [0.15, 0.2) is 52.9 Å². The van der Waals surface area contributed by atoms with Crippen LogP contribution < -0.4 is 10.6 Å². The Morgan fingerprint density at radius 1 is 1.06 bits per heavy atom. The van der Waals surface area contributed by atoms with E-state index in [-0.39, 0.29) is 40.2 Å². The monoisotopic (exact) mass is 442 g/mol. The summed E-state index contributed by atoms with van der Waals surface area (Å²) in [6.07, 6.45) is 2.07. The van der Waals surface area contributed by atoms with Gasteiger partial charge >= 0.3 is 0 Å².